The Labute approximate surface area is 207 Å². The Morgan fingerprint density at radius 2 is 1.17 bits per heavy atom. The van der Waals surface area contributed by atoms with Crippen LogP contribution in [0.15, 0.2) is 12.2 Å². The van der Waals surface area contributed by atoms with Gasteiger partial charge in [0.1, 0.15) is 0 Å². The number of aliphatic hydroxyl groups is 2. The van der Waals surface area contributed by atoms with Crippen molar-refractivity contribution in [3.8, 4) is 0 Å². The number of esters is 1. The third-order valence-electron chi connectivity index (χ3n) is 7.40. The highest BCUT2D eigenvalue weighted by molar-refractivity contribution is 5.86. The van der Waals surface area contributed by atoms with E-state index in [2.05, 4.69) is 6.58 Å². The number of halogens is 6. The molecule has 0 radical (unpaired) electrons. The fraction of sp³-hybridized carbons (Fsp3) is 0.875. The molecular formula is C24H36F6O6. The normalized spacial score (nSPS) is 24.1. The van der Waals surface area contributed by atoms with Crippen LogP contribution in [0.2, 0.25) is 0 Å². The summed E-state index contributed by atoms with van der Waals surface area (Å²) < 4.78 is 97.1. The van der Waals surface area contributed by atoms with Crippen LogP contribution in [0.1, 0.15) is 72.1 Å². The molecule has 2 aliphatic rings. The highest BCUT2D eigenvalue weighted by Gasteiger charge is 2.59. The minimum absolute atomic E-state index is 0.0662. The van der Waals surface area contributed by atoms with Crippen LogP contribution in [0.5, 0.6) is 0 Å². The van der Waals surface area contributed by atoms with Crippen molar-refractivity contribution in [1.82, 2.24) is 0 Å². The molecule has 2 fully saturated rings. The monoisotopic (exact) mass is 534 g/mol. The average molecular weight is 535 g/mol. The predicted molar refractivity (Wildman–Crippen MR) is 117 cm³/mol. The fourth-order valence-corrected chi connectivity index (χ4v) is 4.93. The molecule has 0 spiro atoms. The van der Waals surface area contributed by atoms with Crippen LogP contribution >= 0.6 is 0 Å². The molecule has 12 heteroatoms. The quantitative estimate of drug-likeness (QED) is 0.220. The predicted octanol–water partition coefficient (Wildman–Crippen LogP) is 5.01. The standard InChI is InChI=1S/C24H36F6O6/c1-16(2)18(31)34-13-17(21(9-5-6-10-21)35-14-19(3,32)23(25,26)27)22(11-7-8-12-22)36-15-20(4,33)24(28,29)30/h17,32-33H,1,5-15H2,2-4H3. The first-order chi connectivity index (χ1) is 16.3. The number of rotatable bonds is 11. The Bertz CT molecular complexity index is 727. The van der Waals surface area contributed by atoms with Crippen LogP contribution in [0.25, 0.3) is 0 Å². The molecule has 0 aromatic carbocycles. The van der Waals surface area contributed by atoms with Crippen LogP contribution in [0.3, 0.4) is 0 Å². The third-order valence-corrected chi connectivity index (χ3v) is 7.40. The molecule has 36 heavy (non-hydrogen) atoms. The summed E-state index contributed by atoms with van der Waals surface area (Å²) in [5, 5.41) is 20.0. The molecule has 0 aliphatic heterocycles. The van der Waals surface area contributed by atoms with E-state index in [0.717, 1.165) is 0 Å². The van der Waals surface area contributed by atoms with Crippen LogP contribution in [-0.2, 0) is 19.0 Å². The average Bonchev–Trinajstić information content (AvgIpc) is 3.40. The molecule has 0 aromatic heterocycles. The molecule has 2 saturated carbocycles. The molecule has 6 nitrogen and oxygen atoms in total. The van der Waals surface area contributed by atoms with Gasteiger partial charge in [-0.25, -0.2) is 4.79 Å². The summed E-state index contributed by atoms with van der Waals surface area (Å²) in [4.78, 5) is 12.2. The number of carbonyl (C=O) groups is 1. The Balaban J connectivity index is 2.46. The Morgan fingerprint density at radius 3 is 1.44 bits per heavy atom. The van der Waals surface area contributed by atoms with Gasteiger partial charge in [-0.05, 0) is 46.5 Å². The zero-order valence-corrected chi connectivity index (χ0v) is 20.9. The summed E-state index contributed by atoms with van der Waals surface area (Å²) in [6.07, 6.45) is -6.83. The zero-order chi connectivity index (χ0) is 27.6. The number of hydrogen-bond acceptors (Lipinski definition) is 6. The maximum absolute atomic E-state index is 13.3. The summed E-state index contributed by atoms with van der Waals surface area (Å²) >= 11 is 0. The van der Waals surface area contributed by atoms with Crippen molar-refractivity contribution in [3.63, 3.8) is 0 Å². The number of hydrogen-bond donors (Lipinski definition) is 2. The minimum Gasteiger partial charge on any atom is -0.462 e. The molecule has 0 amide bonds. The Morgan fingerprint density at radius 1 is 0.833 bits per heavy atom. The van der Waals surface area contributed by atoms with Crippen molar-refractivity contribution in [2.45, 2.75) is 107 Å². The van der Waals surface area contributed by atoms with Gasteiger partial charge in [-0.3, -0.25) is 0 Å². The van der Waals surface area contributed by atoms with Crippen molar-refractivity contribution in [3.05, 3.63) is 12.2 Å². The van der Waals surface area contributed by atoms with Gasteiger partial charge in [0, 0.05) is 5.57 Å². The van der Waals surface area contributed by atoms with E-state index in [4.69, 9.17) is 14.2 Å². The second-order valence-electron chi connectivity index (χ2n) is 10.6. The van der Waals surface area contributed by atoms with E-state index in [1.54, 1.807) is 0 Å². The highest BCUT2D eigenvalue weighted by Crippen LogP contribution is 2.52. The lowest BCUT2D eigenvalue weighted by Gasteiger charge is -2.48. The molecule has 2 N–H and O–H groups in total. The molecule has 0 bridgehead atoms. The summed E-state index contributed by atoms with van der Waals surface area (Å²) in [5.74, 6) is -1.72. The second kappa shape index (κ2) is 10.8. The zero-order valence-electron chi connectivity index (χ0n) is 20.9. The summed E-state index contributed by atoms with van der Waals surface area (Å²) in [7, 11) is 0. The van der Waals surface area contributed by atoms with E-state index in [9.17, 15) is 41.4 Å². The van der Waals surface area contributed by atoms with Crippen molar-refractivity contribution < 1.29 is 55.6 Å². The smallest absolute Gasteiger partial charge is 0.419 e. The Kier molecular flexibility index (Phi) is 9.24. The fourth-order valence-electron chi connectivity index (χ4n) is 4.93. The number of carbonyl (C=O) groups excluding carboxylic acids is 1. The van der Waals surface area contributed by atoms with Crippen molar-refractivity contribution in [1.29, 1.82) is 0 Å². The maximum atomic E-state index is 13.3. The van der Waals surface area contributed by atoms with Gasteiger partial charge in [-0.2, -0.15) is 26.3 Å². The van der Waals surface area contributed by atoms with Crippen molar-refractivity contribution in [2.24, 2.45) is 5.92 Å². The van der Waals surface area contributed by atoms with Gasteiger partial charge >= 0.3 is 18.3 Å². The van der Waals surface area contributed by atoms with Gasteiger partial charge in [0.15, 0.2) is 11.2 Å². The lowest BCUT2D eigenvalue weighted by Crippen LogP contribution is -2.58. The highest BCUT2D eigenvalue weighted by atomic mass is 19.4. The minimum atomic E-state index is -4.98. The van der Waals surface area contributed by atoms with Gasteiger partial charge in [0.25, 0.3) is 0 Å². The molecule has 210 valence electrons. The lowest BCUT2D eigenvalue weighted by atomic mass is 9.72. The molecular weight excluding hydrogens is 498 g/mol. The van der Waals surface area contributed by atoms with Gasteiger partial charge in [-0.1, -0.05) is 32.3 Å². The van der Waals surface area contributed by atoms with E-state index in [1.807, 2.05) is 0 Å². The van der Waals surface area contributed by atoms with Crippen LogP contribution < -0.4 is 0 Å². The first-order valence-corrected chi connectivity index (χ1v) is 12.0. The van der Waals surface area contributed by atoms with E-state index >= 15 is 0 Å². The van der Waals surface area contributed by atoms with Gasteiger partial charge in [-0.15, -0.1) is 0 Å². The largest absolute Gasteiger partial charge is 0.462 e. The SMILES string of the molecule is C=C(C)C(=O)OCC(C1(OCC(C)(O)C(F)(F)F)CCCC1)C1(OCC(C)(O)C(F)(F)F)CCCC1. The van der Waals surface area contributed by atoms with Crippen LogP contribution in [0, 0.1) is 5.92 Å². The molecule has 2 atom stereocenters. The van der Waals surface area contributed by atoms with Gasteiger partial charge in [0.05, 0.1) is 36.9 Å². The van der Waals surface area contributed by atoms with E-state index < -0.39 is 66.5 Å². The molecule has 0 aromatic rings. The molecule has 2 rings (SSSR count). The summed E-state index contributed by atoms with van der Waals surface area (Å²) in [6.45, 7) is 3.44. The first kappa shape index (κ1) is 30.9. The Hall–Kier alpha value is -1.37. The van der Waals surface area contributed by atoms with Crippen LogP contribution in [0.4, 0.5) is 26.3 Å². The lowest BCUT2D eigenvalue weighted by molar-refractivity contribution is -0.297. The molecule has 0 heterocycles. The molecule has 2 unspecified atom stereocenters. The maximum Gasteiger partial charge on any atom is 0.419 e. The molecule has 2 aliphatic carbocycles. The van der Waals surface area contributed by atoms with E-state index in [1.165, 1.54) is 6.92 Å². The van der Waals surface area contributed by atoms with E-state index in [-0.39, 0.29) is 31.3 Å². The van der Waals surface area contributed by atoms with Gasteiger partial charge in [0.2, 0.25) is 0 Å². The number of ether oxygens (including phenoxy) is 3. The molecule has 0 saturated heterocycles. The first-order valence-electron chi connectivity index (χ1n) is 12.0. The van der Waals surface area contributed by atoms with Gasteiger partial charge < -0.3 is 24.4 Å². The van der Waals surface area contributed by atoms with Crippen molar-refractivity contribution >= 4 is 5.97 Å². The summed E-state index contributed by atoms with van der Waals surface area (Å²) in [5.41, 5.74) is -9.01. The number of alkyl halides is 6. The topological polar surface area (TPSA) is 85.2 Å². The van der Waals surface area contributed by atoms with Crippen molar-refractivity contribution in [2.75, 3.05) is 19.8 Å². The summed E-state index contributed by atoms with van der Waals surface area (Å²) in [6, 6.07) is 0. The van der Waals surface area contributed by atoms with E-state index in [0.29, 0.717) is 39.5 Å². The third kappa shape index (κ3) is 6.73. The van der Waals surface area contributed by atoms with Crippen LogP contribution in [-0.4, -0.2) is 70.8 Å². The second-order valence-corrected chi connectivity index (χ2v) is 10.6.